The lowest BCUT2D eigenvalue weighted by atomic mass is 10.0. The number of carbonyl (C=O) groups excluding carboxylic acids is 2. The minimum Gasteiger partial charge on any atom is -0.462 e. The third-order valence-corrected chi connectivity index (χ3v) is 8.35. The number of carbonyl (C=O) groups is 2. The van der Waals surface area contributed by atoms with Crippen molar-refractivity contribution < 1.29 is 37.9 Å². The van der Waals surface area contributed by atoms with Crippen molar-refractivity contribution in [2.24, 2.45) is 0 Å². The van der Waals surface area contributed by atoms with Gasteiger partial charge in [-0.3, -0.25) is 14.1 Å². The highest BCUT2D eigenvalue weighted by atomic mass is 31.2. The maximum Gasteiger partial charge on any atom is 0.469 e. The van der Waals surface area contributed by atoms with Gasteiger partial charge in [-0.2, -0.15) is 0 Å². The predicted molar refractivity (Wildman–Crippen MR) is 198 cm³/mol. The highest BCUT2D eigenvalue weighted by Crippen LogP contribution is 2.36. The van der Waals surface area contributed by atoms with Crippen molar-refractivity contribution in [3.05, 3.63) is 48.6 Å². The van der Waals surface area contributed by atoms with Gasteiger partial charge >= 0.3 is 19.8 Å². The topological polar surface area (TPSA) is 119 Å². The van der Waals surface area contributed by atoms with Crippen molar-refractivity contribution >= 4 is 19.8 Å². The molecule has 1 atom stereocenters. The number of hydrogen-bond acceptors (Lipinski definition) is 6. The molecule has 48 heavy (non-hydrogen) atoms. The molecule has 0 heterocycles. The number of esters is 2. The summed E-state index contributed by atoms with van der Waals surface area (Å²) < 4.78 is 26.3. The first-order chi connectivity index (χ1) is 23.3. The minimum absolute atomic E-state index is 0.184. The number of allylic oxidation sites excluding steroid dienone is 8. The zero-order valence-corrected chi connectivity index (χ0v) is 31.3. The van der Waals surface area contributed by atoms with E-state index in [0.717, 1.165) is 70.6 Å². The first kappa shape index (κ1) is 46.0. The average molecular weight is 697 g/mol. The molecule has 0 fully saturated rings. The summed E-state index contributed by atoms with van der Waals surface area (Å²) in [6.07, 6.45) is 41.1. The molecule has 0 saturated heterocycles. The van der Waals surface area contributed by atoms with Crippen LogP contribution in [-0.4, -0.2) is 41.0 Å². The molecule has 0 aromatic heterocycles. The maximum absolute atomic E-state index is 12.4. The van der Waals surface area contributed by atoms with Crippen molar-refractivity contribution in [2.75, 3.05) is 13.2 Å². The molecule has 0 bridgehead atoms. The zero-order valence-electron chi connectivity index (χ0n) is 30.4. The Morgan fingerprint density at radius 3 is 1.50 bits per heavy atom. The molecule has 0 aliphatic heterocycles. The highest BCUT2D eigenvalue weighted by Gasteiger charge is 2.22. The lowest BCUT2D eigenvalue weighted by molar-refractivity contribution is -0.161. The van der Waals surface area contributed by atoms with Crippen LogP contribution in [0.4, 0.5) is 0 Å². The first-order valence-corrected chi connectivity index (χ1v) is 20.5. The van der Waals surface area contributed by atoms with Crippen LogP contribution >= 0.6 is 7.82 Å². The summed E-state index contributed by atoms with van der Waals surface area (Å²) in [6.45, 7) is 3.54. The van der Waals surface area contributed by atoms with Crippen molar-refractivity contribution in [1.29, 1.82) is 0 Å². The van der Waals surface area contributed by atoms with E-state index in [1.54, 1.807) is 0 Å². The quantitative estimate of drug-likeness (QED) is 0.0295. The minimum atomic E-state index is -4.76. The van der Waals surface area contributed by atoms with E-state index < -0.39 is 32.5 Å². The Labute approximate surface area is 293 Å². The summed E-state index contributed by atoms with van der Waals surface area (Å²) in [7, 11) is -4.76. The number of ether oxygens (including phenoxy) is 2. The molecule has 0 radical (unpaired) electrons. The average Bonchev–Trinajstić information content (AvgIpc) is 3.05. The lowest BCUT2D eigenvalue weighted by Gasteiger charge is -2.18. The molecule has 1 unspecified atom stereocenters. The van der Waals surface area contributed by atoms with Crippen LogP contribution in [0, 0.1) is 0 Å². The number of unbranched alkanes of at least 4 members (excludes halogenated alkanes) is 16. The normalized spacial score (nSPS) is 13.0. The predicted octanol–water partition coefficient (Wildman–Crippen LogP) is 11.2. The molecule has 8 nitrogen and oxygen atoms in total. The van der Waals surface area contributed by atoms with Gasteiger partial charge in [-0.15, -0.1) is 0 Å². The van der Waals surface area contributed by atoms with Crippen molar-refractivity contribution in [1.82, 2.24) is 0 Å². The van der Waals surface area contributed by atoms with Gasteiger partial charge in [0.1, 0.15) is 6.61 Å². The van der Waals surface area contributed by atoms with Gasteiger partial charge in [-0.1, -0.05) is 152 Å². The third kappa shape index (κ3) is 36.8. The number of rotatable bonds is 34. The smallest absolute Gasteiger partial charge is 0.462 e. The molecular weight excluding hydrogens is 627 g/mol. The van der Waals surface area contributed by atoms with Crippen LogP contribution in [0.15, 0.2) is 48.6 Å². The molecule has 0 saturated carbocycles. The van der Waals surface area contributed by atoms with Gasteiger partial charge in [-0.05, 0) is 51.4 Å². The van der Waals surface area contributed by atoms with E-state index >= 15 is 0 Å². The summed E-state index contributed by atoms with van der Waals surface area (Å²) in [5, 5.41) is 0. The second-order valence-electron chi connectivity index (χ2n) is 12.5. The van der Waals surface area contributed by atoms with Crippen molar-refractivity contribution in [2.45, 2.75) is 174 Å². The van der Waals surface area contributed by atoms with Crippen LogP contribution in [0.2, 0.25) is 0 Å². The molecule has 278 valence electrons. The highest BCUT2D eigenvalue weighted by molar-refractivity contribution is 7.46. The number of hydrogen-bond donors (Lipinski definition) is 2. The first-order valence-electron chi connectivity index (χ1n) is 18.9. The van der Waals surface area contributed by atoms with Crippen molar-refractivity contribution in [3.63, 3.8) is 0 Å². The molecular formula is C39H69O8P. The fourth-order valence-electron chi connectivity index (χ4n) is 5.07. The van der Waals surface area contributed by atoms with E-state index in [-0.39, 0.29) is 19.4 Å². The second-order valence-corrected chi connectivity index (χ2v) is 13.8. The Morgan fingerprint density at radius 1 is 0.562 bits per heavy atom. The Balaban J connectivity index is 4.02. The van der Waals surface area contributed by atoms with E-state index in [4.69, 9.17) is 19.3 Å². The standard InChI is InChI=1S/C39H69O8P/c1-3-5-7-9-11-13-15-17-18-19-20-22-24-26-28-30-32-34-39(41)47-37(36-46-48(42,43)44)35-45-38(40)33-31-29-27-25-23-21-16-14-12-10-8-6-4-2/h5,7,11,13,17-18,20,22,37H,3-4,6,8-10,12,14-16,19,21,23-36H2,1-2H3,(H2,42,43,44)/b7-5-,13-11-,18-17-,22-20-. The Morgan fingerprint density at radius 2 is 1.00 bits per heavy atom. The molecule has 0 amide bonds. The van der Waals surface area contributed by atoms with E-state index in [1.807, 2.05) is 0 Å². The van der Waals surface area contributed by atoms with Crippen LogP contribution in [0.1, 0.15) is 168 Å². The van der Waals surface area contributed by atoms with Crippen LogP contribution in [0.5, 0.6) is 0 Å². The fourth-order valence-corrected chi connectivity index (χ4v) is 5.43. The molecule has 2 N–H and O–H groups in total. The SMILES string of the molecule is CC/C=C\C/C=C\C/C=C\C/C=C\CCCCCCC(=O)OC(COC(=O)CCCCCCCCCCCCCCC)COP(=O)(O)O. The Kier molecular flexibility index (Phi) is 33.4. The lowest BCUT2D eigenvalue weighted by Crippen LogP contribution is -2.29. The van der Waals surface area contributed by atoms with Gasteiger partial charge in [0.15, 0.2) is 6.10 Å². The van der Waals surface area contributed by atoms with Crippen LogP contribution in [0.3, 0.4) is 0 Å². The molecule has 0 spiro atoms. The summed E-state index contributed by atoms with van der Waals surface area (Å²) in [5.41, 5.74) is 0. The molecule has 9 heteroatoms. The van der Waals surface area contributed by atoms with E-state index in [9.17, 15) is 14.2 Å². The molecule has 0 aliphatic carbocycles. The van der Waals surface area contributed by atoms with Gasteiger partial charge in [-0.25, -0.2) is 4.57 Å². The summed E-state index contributed by atoms with van der Waals surface area (Å²) in [6, 6.07) is 0. The van der Waals surface area contributed by atoms with E-state index in [0.29, 0.717) is 6.42 Å². The number of phosphoric acid groups is 1. The van der Waals surface area contributed by atoms with E-state index in [2.05, 4.69) is 67.0 Å². The van der Waals surface area contributed by atoms with Gasteiger partial charge in [0.05, 0.1) is 6.61 Å². The Bertz CT molecular complexity index is 921. The van der Waals surface area contributed by atoms with Crippen LogP contribution in [-0.2, 0) is 28.2 Å². The Hall–Kier alpha value is -1.99. The summed E-state index contributed by atoms with van der Waals surface area (Å²) in [5.74, 6) is -0.913. The molecule has 0 rings (SSSR count). The van der Waals surface area contributed by atoms with Crippen LogP contribution in [0.25, 0.3) is 0 Å². The van der Waals surface area contributed by atoms with Crippen LogP contribution < -0.4 is 0 Å². The monoisotopic (exact) mass is 696 g/mol. The van der Waals surface area contributed by atoms with Gasteiger partial charge in [0.25, 0.3) is 0 Å². The van der Waals surface area contributed by atoms with Gasteiger partial charge in [0.2, 0.25) is 0 Å². The van der Waals surface area contributed by atoms with Gasteiger partial charge in [0, 0.05) is 12.8 Å². The summed E-state index contributed by atoms with van der Waals surface area (Å²) in [4.78, 5) is 42.7. The van der Waals surface area contributed by atoms with Gasteiger partial charge < -0.3 is 19.3 Å². The second kappa shape index (κ2) is 34.9. The largest absolute Gasteiger partial charge is 0.469 e. The molecule has 0 aromatic carbocycles. The molecule has 0 aromatic rings. The van der Waals surface area contributed by atoms with E-state index in [1.165, 1.54) is 64.2 Å². The molecule has 0 aliphatic rings. The fraction of sp³-hybridized carbons (Fsp3) is 0.744. The maximum atomic E-state index is 12.4. The number of phosphoric ester groups is 1. The zero-order chi connectivity index (χ0) is 35.4. The summed E-state index contributed by atoms with van der Waals surface area (Å²) >= 11 is 0. The van der Waals surface area contributed by atoms with Crippen molar-refractivity contribution in [3.8, 4) is 0 Å². The third-order valence-electron chi connectivity index (χ3n) is 7.86.